The smallest absolute Gasteiger partial charge is 0.123 e. The molecule has 0 heterocycles. The predicted molar refractivity (Wildman–Crippen MR) is 46.4 cm³/mol. The molecule has 72 valence electrons. The topological polar surface area (TPSA) is 66.5 Å². The number of hydrogen-bond acceptors (Lipinski definition) is 3. The van der Waals surface area contributed by atoms with E-state index in [4.69, 9.17) is 5.73 Å². The van der Waals surface area contributed by atoms with E-state index in [2.05, 4.69) is 0 Å². The van der Waals surface area contributed by atoms with Crippen molar-refractivity contribution >= 4 is 0 Å². The second kappa shape index (κ2) is 4.32. The Labute approximate surface area is 75.6 Å². The van der Waals surface area contributed by atoms with Crippen LogP contribution >= 0.6 is 0 Å². The molecule has 4 N–H and O–H groups in total. The molecule has 0 spiro atoms. The second-order valence-electron chi connectivity index (χ2n) is 2.80. The monoisotopic (exact) mass is 185 g/mol. The molecule has 4 heteroatoms. The molecular formula is C9H12FNO2. The SMILES string of the molecule is NCC(O)C(O)c1ccc(F)cc1. The maximum absolute atomic E-state index is 12.5. The van der Waals surface area contributed by atoms with E-state index in [-0.39, 0.29) is 12.4 Å². The molecule has 0 bridgehead atoms. The third-order valence-electron chi connectivity index (χ3n) is 1.82. The fourth-order valence-corrected chi connectivity index (χ4v) is 1.01. The normalized spacial score (nSPS) is 15.4. The lowest BCUT2D eigenvalue weighted by Crippen LogP contribution is -2.27. The Balaban J connectivity index is 2.77. The average Bonchev–Trinajstić information content (AvgIpc) is 2.17. The largest absolute Gasteiger partial charge is 0.389 e. The van der Waals surface area contributed by atoms with E-state index < -0.39 is 12.2 Å². The maximum Gasteiger partial charge on any atom is 0.123 e. The highest BCUT2D eigenvalue weighted by atomic mass is 19.1. The van der Waals surface area contributed by atoms with Gasteiger partial charge in [-0.1, -0.05) is 12.1 Å². The van der Waals surface area contributed by atoms with Crippen molar-refractivity contribution in [3.05, 3.63) is 35.6 Å². The highest BCUT2D eigenvalue weighted by Gasteiger charge is 2.16. The van der Waals surface area contributed by atoms with Crippen LogP contribution < -0.4 is 5.73 Å². The molecule has 2 unspecified atom stereocenters. The van der Waals surface area contributed by atoms with Gasteiger partial charge in [-0.3, -0.25) is 0 Å². The Kier molecular flexibility index (Phi) is 3.36. The van der Waals surface area contributed by atoms with E-state index in [1.54, 1.807) is 0 Å². The summed E-state index contributed by atoms with van der Waals surface area (Å²) < 4.78 is 12.5. The molecule has 2 atom stereocenters. The minimum Gasteiger partial charge on any atom is -0.389 e. The van der Waals surface area contributed by atoms with E-state index in [1.807, 2.05) is 0 Å². The highest BCUT2D eigenvalue weighted by Crippen LogP contribution is 2.16. The van der Waals surface area contributed by atoms with Gasteiger partial charge in [0, 0.05) is 6.54 Å². The standard InChI is InChI=1S/C9H12FNO2/c10-7-3-1-6(2-4-7)9(13)8(12)5-11/h1-4,8-9,12-13H,5,11H2. The minimum absolute atomic E-state index is 0.0292. The van der Waals surface area contributed by atoms with Crippen LogP contribution in [0, 0.1) is 5.82 Å². The summed E-state index contributed by atoms with van der Waals surface area (Å²) >= 11 is 0. The highest BCUT2D eigenvalue weighted by molar-refractivity contribution is 5.19. The van der Waals surface area contributed by atoms with Crippen LogP contribution in [-0.4, -0.2) is 22.9 Å². The van der Waals surface area contributed by atoms with Gasteiger partial charge in [0.2, 0.25) is 0 Å². The quantitative estimate of drug-likeness (QED) is 0.629. The lowest BCUT2D eigenvalue weighted by atomic mass is 10.0. The number of hydrogen-bond donors (Lipinski definition) is 3. The van der Waals surface area contributed by atoms with Gasteiger partial charge in [-0.15, -0.1) is 0 Å². The summed E-state index contributed by atoms with van der Waals surface area (Å²) in [7, 11) is 0. The summed E-state index contributed by atoms with van der Waals surface area (Å²) in [4.78, 5) is 0. The predicted octanol–water partition coefficient (Wildman–Crippen LogP) is 0.179. The molecule has 0 aliphatic rings. The van der Waals surface area contributed by atoms with Crippen LogP contribution in [0.1, 0.15) is 11.7 Å². The van der Waals surface area contributed by atoms with Crippen molar-refractivity contribution < 1.29 is 14.6 Å². The van der Waals surface area contributed by atoms with Gasteiger partial charge in [-0.25, -0.2) is 4.39 Å². The first-order valence-electron chi connectivity index (χ1n) is 3.97. The molecule has 0 fully saturated rings. The van der Waals surface area contributed by atoms with Crippen LogP contribution in [0.4, 0.5) is 4.39 Å². The minimum atomic E-state index is -1.05. The van der Waals surface area contributed by atoms with Crippen LogP contribution in [-0.2, 0) is 0 Å². The van der Waals surface area contributed by atoms with E-state index in [1.165, 1.54) is 24.3 Å². The Bertz CT molecular complexity index is 263. The molecule has 1 aromatic rings. The van der Waals surface area contributed by atoms with Crippen molar-refractivity contribution in [2.75, 3.05) is 6.54 Å². The molecule has 0 saturated heterocycles. The molecule has 13 heavy (non-hydrogen) atoms. The van der Waals surface area contributed by atoms with Crippen molar-refractivity contribution in [1.82, 2.24) is 0 Å². The number of rotatable bonds is 3. The van der Waals surface area contributed by atoms with Crippen molar-refractivity contribution in [2.24, 2.45) is 5.73 Å². The van der Waals surface area contributed by atoms with Crippen LogP contribution in [0.2, 0.25) is 0 Å². The lowest BCUT2D eigenvalue weighted by molar-refractivity contribution is 0.0243. The fraction of sp³-hybridized carbons (Fsp3) is 0.333. The van der Waals surface area contributed by atoms with Crippen LogP contribution in [0.15, 0.2) is 24.3 Å². The van der Waals surface area contributed by atoms with Gasteiger partial charge in [0.15, 0.2) is 0 Å². The number of aliphatic hydroxyl groups excluding tert-OH is 2. The Morgan fingerprint density at radius 1 is 1.23 bits per heavy atom. The zero-order valence-electron chi connectivity index (χ0n) is 7.02. The van der Waals surface area contributed by atoms with Crippen molar-refractivity contribution in [1.29, 1.82) is 0 Å². The number of benzene rings is 1. The van der Waals surface area contributed by atoms with Crippen LogP contribution in [0.3, 0.4) is 0 Å². The van der Waals surface area contributed by atoms with Gasteiger partial charge in [0.25, 0.3) is 0 Å². The Morgan fingerprint density at radius 3 is 2.23 bits per heavy atom. The summed E-state index contributed by atoms with van der Waals surface area (Å²) in [6.07, 6.45) is -2.06. The molecule has 0 amide bonds. The first kappa shape index (κ1) is 10.1. The van der Waals surface area contributed by atoms with Crippen LogP contribution in [0.25, 0.3) is 0 Å². The number of halogens is 1. The Morgan fingerprint density at radius 2 is 1.77 bits per heavy atom. The average molecular weight is 185 g/mol. The maximum atomic E-state index is 12.5. The van der Waals surface area contributed by atoms with Gasteiger partial charge in [0.1, 0.15) is 11.9 Å². The molecule has 0 aliphatic heterocycles. The first-order chi connectivity index (χ1) is 6.15. The van der Waals surface area contributed by atoms with Crippen LogP contribution in [0.5, 0.6) is 0 Å². The Hall–Kier alpha value is -0.970. The zero-order chi connectivity index (χ0) is 9.84. The van der Waals surface area contributed by atoms with Crippen molar-refractivity contribution in [2.45, 2.75) is 12.2 Å². The van der Waals surface area contributed by atoms with Crippen molar-refractivity contribution in [3.8, 4) is 0 Å². The van der Waals surface area contributed by atoms with Gasteiger partial charge in [-0.2, -0.15) is 0 Å². The summed E-state index contributed by atoms with van der Waals surface area (Å²) in [5.74, 6) is -0.377. The van der Waals surface area contributed by atoms with E-state index in [9.17, 15) is 14.6 Å². The third kappa shape index (κ3) is 2.48. The van der Waals surface area contributed by atoms with Gasteiger partial charge in [-0.05, 0) is 17.7 Å². The first-order valence-corrected chi connectivity index (χ1v) is 3.97. The van der Waals surface area contributed by atoms with Crippen molar-refractivity contribution in [3.63, 3.8) is 0 Å². The van der Waals surface area contributed by atoms with Gasteiger partial charge >= 0.3 is 0 Å². The van der Waals surface area contributed by atoms with E-state index in [0.717, 1.165) is 0 Å². The molecule has 0 aromatic heterocycles. The van der Waals surface area contributed by atoms with Gasteiger partial charge < -0.3 is 15.9 Å². The van der Waals surface area contributed by atoms with E-state index >= 15 is 0 Å². The molecule has 0 aliphatic carbocycles. The molecule has 1 rings (SSSR count). The number of nitrogens with two attached hydrogens (primary N) is 1. The molecule has 0 saturated carbocycles. The molecule has 3 nitrogen and oxygen atoms in total. The zero-order valence-corrected chi connectivity index (χ0v) is 7.02. The number of aliphatic hydroxyl groups is 2. The lowest BCUT2D eigenvalue weighted by Gasteiger charge is -2.15. The second-order valence-corrected chi connectivity index (χ2v) is 2.80. The van der Waals surface area contributed by atoms with Gasteiger partial charge in [0.05, 0.1) is 6.10 Å². The molecule has 1 aromatic carbocycles. The van der Waals surface area contributed by atoms with E-state index in [0.29, 0.717) is 5.56 Å². The summed E-state index contributed by atoms with van der Waals surface area (Å²) in [5.41, 5.74) is 5.61. The molecular weight excluding hydrogens is 173 g/mol. The molecule has 0 radical (unpaired) electrons. The summed E-state index contributed by atoms with van der Waals surface area (Å²) in [6.45, 7) is -0.0292. The summed E-state index contributed by atoms with van der Waals surface area (Å²) in [6, 6.07) is 5.28. The summed E-state index contributed by atoms with van der Waals surface area (Å²) in [5, 5.41) is 18.6. The third-order valence-corrected chi connectivity index (χ3v) is 1.82. The fourth-order valence-electron chi connectivity index (χ4n) is 1.01.